The number of piperidine rings is 1. The number of carbonyl (C=O) groups is 2. The quantitative estimate of drug-likeness (QED) is 0.747. The maximum absolute atomic E-state index is 12.6. The van der Waals surface area contributed by atoms with Gasteiger partial charge in [-0.05, 0) is 55.3 Å². The van der Waals surface area contributed by atoms with Crippen LogP contribution in [0.5, 0.6) is 0 Å². The van der Waals surface area contributed by atoms with Crippen LogP contribution in [-0.4, -0.2) is 29.9 Å². The van der Waals surface area contributed by atoms with Crippen molar-refractivity contribution in [2.24, 2.45) is 0 Å². The summed E-state index contributed by atoms with van der Waals surface area (Å²) >= 11 is 7.55. The van der Waals surface area contributed by atoms with Crippen LogP contribution >= 0.6 is 22.9 Å². The Morgan fingerprint density at radius 3 is 2.58 bits per heavy atom. The lowest BCUT2D eigenvalue weighted by molar-refractivity contribution is 0.0923. The molecule has 1 aromatic heterocycles. The van der Waals surface area contributed by atoms with Gasteiger partial charge >= 0.3 is 0 Å². The molecule has 0 spiro atoms. The molecule has 5 nitrogen and oxygen atoms in total. The molecule has 4 rings (SSSR count). The molecule has 3 N–H and O–H groups in total. The van der Waals surface area contributed by atoms with Gasteiger partial charge in [-0.15, -0.1) is 11.3 Å². The van der Waals surface area contributed by atoms with E-state index in [4.69, 9.17) is 11.6 Å². The topological polar surface area (TPSA) is 70.2 Å². The lowest BCUT2D eigenvalue weighted by Crippen LogP contribution is -2.48. The molecule has 2 fully saturated rings. The average molecular weight is 390 g/mol. The zero-order valence-corrected chi connectivity index (χ0v) is 15.7. The second kappa shape index (κ2) is 7.39. The molecule has 0 aliphatic carbocycles. The second-order valence-electron chi connectivity index (χ2n) is 6.91. The van der Waals surface area contributed by atoms with E-state index in [9.17, 15) is 9.59 Å². The van der Waals surface area contributed by atoms with Gasteiger partial charge in [-0.1, -0.05) is 17.7 Å². The van der Waals surface area contributed by atoms with Crippen LogP contribution in [0.4, 0.5) is 5.69 Å². The fourth-order valence-electron chi connectivity index (χ4n) is 3.80. The highest BCUT2D eigenvalue weighted by Crippen LogP contribution is 2.28. The van der Waals surface area contributed by atoms with Gasteiger partial charge < -0.3 is 16.0 Å². The van der Waals surface area contributed by atoms with Gasteiger partial charge in [0.25, 0.3) is 11.8 Å². The van der Waals surface area contributed by atoms with E-state index in [0.717, 1.165) is 12.8 Å². The molecule has 2 saturated heterocycles. The SMILES string of the molecule is O=C(NC1CC2CCC(C1)N2)c1ccc(Cl)c(NC(=O)c2cccs2)c1. The number of hydrogen-bond donors (Lipinski definition) is 3. The molecule has 2 atom stereocenters. The Kier molecular flexibility index (Phi) is 4.98. The third kappa shape index (κ3) is 3.77. The van der Waals surface area contributed by atoms with Crippen LogP contribution < -0.4 is 16.0 Å². The van der Waals surface area contributed by atoms with E-state index >= 15 is 0 Å². The number of carbonyl (C=O) groups excluding carboxylic acids is 2. The van der Waals surface area contributed by atoms with E-state index in [1.165, 1.54) is 24.2 Å². The van der Waals surface area contributed by atoms with Crippen molar-refractivity contribution in [3.63, 3.8) is 0 Å². The monoisotopic (exact) mass is 389 g/mol. The Hall–Kier alpha value is -1.89. The zero-order valence-electron chi connectivity index (χ0n) is 14.1. The van der Waals surface area contributed by atoms with Crippen molar-refractivity contribution < 1.29 is 9.59 Å². The Morgan fingerprint density at radius 1 is 1.12 bits per heavy atom. The van der Waals surface area contributed by atoms with Crippen molar-refractivity contribution >= 4 is 40.4 Å². The molecular formula is C19H20ClN3O2S. The summed E-state index contributed by atoms with van der Waals surface area (Å²) in [6.45, 7) is 0. The summed E-state index contributed by atoms with van der Waals surface area (Å²) in [5.41, 5.74) is 0.949. The lowest BCUT2D eigenvalue weighted by Gasteiger charge is -2.29. The van der Waals surface area contributed by atoms with E-state index < -0.39 is 0 Å². The van der Waals surface area contributed by atoms with Crippen molar-refractivity contribution in [1.29, 1.82) is 0 Å². The van der Waals surface area contributed by atoms with Crippen molar-refractivity contribution in [2.75, 3.05) is 5.32 Å². The summed E-state index contributed by atoms with van der Waals surface area (Å²) in [6.07, 6.45) is 4.32. The Labute approximate surface area is 161 Å². The number of benzene rings is 1. The predicted molar refractivity (Wildman–Crippen MR) is 104 cm³/mol. The molecular weight excluding hydrogens is 370 g/mol. The molecule has 2 aliphatic heterocycles. The molecule has 2 amide bonds. The fraction of sp³-hybridized carbons (Fsp3) is 0.368. The minimum Gasteiger partial charge on any atom is -0.349 e. The second-order valence-corrected chi connectivity index (χ2v) is 8.26. The number of rotatable bonds is 4. The molecule has 2 aliphatic rings. The lowest BCUT2D eigenvalue weighted by atomic mass is 9.99. The van der Waals surface area contributed by atoms with Gasteiger partial charge in [-0.2, -0.15) is 0 Å². The van der Waals surface area contributed by atoms with Gasteiger partial charge in [-0.3, -0.25) is 9.59 Å². The smallest absolute Gasteiger partial charge is 0.265 e. The van der Waals surface area contributed by atoms with E-state index in [1.54, 1.807) is 24.3 Å². The van der Waals surface area contributed by atoms with Crippen molar-refractivity contribution in [2.45, 2.75) is 43.8 Å². The summed E-state index contributed by atoms with van der Waals surface area (Å²) in [5.74, 6) is -0.353. The number of hydrogen-bond acceptors (Lipinski definition) is 4. The average Bonchev–Trinajstić information content (AvgIpc) is 3.26. The highest BCUT2D eigenvalue weighted by Gasteiger charge is 2.34. The number of thiophene rings is 1. The Balaban J connectivity index is 1.45. The van der Waals surface area contributed by atoms with Crippen molar-refractivity contribution in [1.82, 2.24) is 10.6 Å². The van der Waals surface area contributed by atoms with Crippen molar-refractivity contribution in [3.8, 4) is 0 Å². The molecule has 0 radical (unpaired) electrons. The summed E-state index contributed by atoms with van der Waals surface area (Å²) < 4.78 is 0. The minimum atomic E-state index is -0.227. The van der Waals surface area contributed by atoms with E-state index in [1.807, 2.05) is 11.4 Å². The largest absolute Gasteiger partial charge is 0.349 e. The normalized spacial score (nSPS) is 24.3. The van der Waals surface area contributed by atoms with Gasteiger partial charge in [-0.25, -0.2) is 0 Å². The predicted octanol–water partition coefficient (Wildman–Crippen LogP) is 3.67. The molecule has 136 valence electrons. The third-order valence-corrected chi connectivity index (χ3v) is 6.23. The fourth-order valence-corrected chi connectivity index (χ4v) is 4.58. The van der Waals surface area contributed by atoms with Crippen LogP contribution in [0.25, 0.3) is 0 Å². The van der Waals surface area contributed by atoms with E-state index in [2.05, 4.69) is 16.0 Å². The maximum Gasteiger partial charge on any atom is 0.265 e. The van der Waals surface area contributed by atoms with Crippen LogP contribution in [0.15, 0.2) is 35.7 Å². The number of anilines is 1. The first-order chi connectivity index (χ1) is 12.6. The Bertz CT molecular complexity index is 812. The molecule has 3 heterocycles. The highest BCUT2D eigenvalue weighted by molar-refractivity contribution is 7.12. The summed E-state index contributed by atoms with van der Waals surface area (Å²) in [7, 11) is 0. The number of nitrogens with one attached hydrogen (secondary N) is 3. The van der Waals surface area contributed by atoms with Crippen LogP contribution in [0.2, 0.25) is 5.02 Å². The summed E-state index contributed by atoms with van der Waals surface area (Å²) in [4.78, 5) is 25.5. The number of fused-ring (bicyclic) bond motifs is 2. The first-order valence-electron chi connectivity index (χ1n) is 8.80. The van der Waals surface area contributed by atoms with Crippen LogP contribution in [0.3, 0.4) is 0 Å². The first kappa shape index (κ1) is 17.5. The molecule has 2 unspecified atom stereocenters. The maximum atomic E-state index is 12.6. The standard InChI is InChI=1S/C19H20ClN3O2S/c20-15-6-3-11(8-16(15)23-19(25)17-2-1-7-26-17)18(24)22-14-9-12-4-5-13(10-14)21-12/h1-3,6-8,12-14,21H,4-5,9-10H2,(H,22,24)(H,23,25). The molecule has 2 aromatic rings. The summed E-state index contributed by atoms with van der Waals surface area (Å²) in [6, 6.07) is 9.77. The van der Waals surface area contributed by atoms with E-state index in [-0.39, 0.29) is 17.9 Å². The van der Waals surface area contributed by atoms with E-state index in [0.29, 0.717) is 33.2 Å². The number of amides is 2. The molecule has 1 aromatic carbocycles. The van der Waals surface area contributed by atoms with Crippen LogP contribution in [0, 0.1) is 0 Å². The first-order valence-corrected chi connectivity index (χ1v) is 10.1. The molecule has 0 saturated carbocycles. The molecule has 7 heteroatoms. The van der Waals surface area contributed by atoms with Gasteiger partial charge in [0.1, 0.15) is 0 Å². The van der Waals surface area contributed by atoms with Crippen LogP contribution in [-0.2, 0) is 0 Å². The number of halogens is 1. The zero-order chi connectivity index (χ0) is 18.1. The van der Waals surface area contributed by atoms with Gasteiger partial charge in [0.15, 0.2) is 0 Å². The van der Waals surface area contributed by atoms with Gasteiger partial charge in [0, 0.05) is 23.7 Å². The highest BCUT2D eigenvalue weighted by atomic mass is 35.5. The van der Waals surface area contributed by atoms with Gasteiger partial charge in [0.05, 0.1) is 15.6 Å². The van der Waals surface area contributed by atoms with Gasteiger partial charge in [0.2, 0.25) is 0 Å². The molecule has 26 heavy (non-hydrogen) atoms. The minimum absolute atomic E-state index is 0.125. The summed E-state index contributed by atoms with van der Waals surface area (Å²) in [5, 5.41) is 11.7. The van der Waals surface area contributed by atoms with Crippen molar-refractivity contribution in [3.05, 3.63) is 51.2 Å². The van der Waals surface area contributed by atoms with Crippen LogP contribution in [0.1, 0.15) is 45.7 Å². The molecule has 2 bridgehead atoms. The Morgan fingerprint density at radius 2 is 1.88 bits per heavy atom. The third-order valence-electron chi connectivity index (χ3n) is 5.03.